The quantitative estimate of drug-likeness (QED) is 0.391. The predicted molar refractivity (Wildman–Crippen MR) is 111 cm³/mol. The molecule has 2 aromatic rings. The maximum Gasteiger partial charge on any atom is 0.270 e. The van der Waals surface area contributed by atoms with Crippen LogP contribution in [0.5, 0.6) is 5.75 Å². The van der Waals surface area contributed by atoms with E-state index in [2.05, 4.69) is 15.0 Å². The van der Waals surface area contributed by atoms with Crippen molar-refractivity contribution in [1.82, 2.24) is 10.0 Å². The molecule has 0 bridgehead atoms. The number of nitro groups is 1. The molecular formula is C18H16N4O6S2. The van der Waals surface area contributed by atoms with Crippen LogP contribution in [0, 0.1) is 10.1 Å². The summed E-state index contributed by atoms with van der Waals surface area (Å²) in [7, 11) is -3.69. The van der Waals surface area contributed by atoms with Crippen LogP contribution in [0.15, 0.2) is 57.9 Å². The fourth-order valence-electron chi connectivity index (χ4n) is 2.84. The van der Waals surface area contributed by atoms with Crippen molar-refractivity contribution in [2.24, 2.45) is 4.99 Å². The molecule has 0 saturated carbocycles. The van der Waals surface area contributed by atoms with Gasteiger partial charge in [-0.25, -0.2) is 8.42 Å². The smallest absolute Gasteiger partial charge is 0.270 e. The summed E-state index contributed by atoms with van der Waals surface area (Å²) < 4.78 is 38.0. The van der Waals surface area contributed by atoms with Crippen LogP contribution in [0.4, 0.5) is 11.4 Å². The molecule has 2 aromatic carbocycles. The number of ether oxygens (including phenoxy) is 2. The van der Waals surface area contributed by atoms with E-state index < -0.39 is 20.4 Å². The lowest BCUT2D eigenvalue weighted by atomic mass is 10.1. The van der Waals surface area contributed by atoms with Crippen LogP contribution in [-0.2, 0) is 21.4 Å². The number of thioether (sulfide) groups is 1. The first kappa shape index (κ1) is 20.3. The van der Waals surface area contributed by atoms with E-state index in [1.807, 2.05) is 0 Å². The van der Waals surface area contributed by atoms with Crippen molar-refractivity contribution in [3.05, 3.63) is 69.2 Å². The summed E-state index contributed by atoms with van der Waals surface area (Å²) in [6.45, 7) is 0.260. The normalized spacial score (nSPS) is 18.1. The number of rotatable bonds is 6. The van der Waals surface area contributed by atoms with Gasteiger partial charge in [0.1, 0.15) is 11.2 Å². The van der Waals surface area contributed by atoms with Crippen LogP contribution in [0.2, 0.25) is 0 Å². The molecule has 12 heteroatoms. The van der Waals surface area contributed by atoms with Crippen molar-refractivity contribution in [1.29, 1.82) is 0 Å². The summed E-state index contributed by atoms with van der Waals surface area (Å²) >= 11 is 1.31. The van der Waals surface area contributed by atoms with Gasteiger partial charge in [0.25, 0.3) is 5.69 Å². The highest BCUT2D eigenvalue weighted by molar-refractivity contribution is 8.03. The highest BCUT2D eigenvalue weighted by atomic mass is 32.2. The lowest BCUT2D eigenvalue weighted by Gasteiger charge is -2.19. The van der Waals surface area contributed by atoms with Crippen LogP contribution in [0.25, 0.3) is 0 Å². The molecule has 2 heterocycles. The summed E-state index contributed by atoms with van der Waals surface area (Å²) in [5.41, 5.74) is 0.952. The Labute approximate surface area is 176 Å². The minimum atomic E-state index is -3.69. The monoisotopic (exact) mass is 448 g/mol. The van der Waals surface area contributed by atoms with E-state index >= 15 is 0 Å². The number of hydrogen-bond donors (Lipinski definition) is 2. The summed E-state index contributed by atoms with van der Waals surface area (Å²) in [6, 6.07) is 8.76. The van der Waals surface area contributed by atoms with Gasteiger partial charge in [-0.05, 0) is 29.7 Å². The molecule has 1 atom stereocenters. The SMILES string of the molecule is O=[N+]([O-])c1cc(C=Nc2ccc(S(=O)(=O)N[C@H]3NC=CS3)cc2)c2c(c1)COCO2. The zero-order chi connectivity index (χ0) is 21.1. The standard InChI is InChI=1S/C18H16N4O6S2/c23-22(24)15-7-12(17-13(8-15)10-27-11-28-17)9-20-14-1-3-16(4-2-14)30(25,26)21-18-19-5-6-29-18/h1-9,18-19,21H,10-11H2/t18-/m1/s1. The minimum absolute atomic E-state index is 0.0505. The van der Waals surface area contributed by atoms with E-state index in [9.17, 15) is 18.5 Å². The van der Waals surface area contributed by atoms with Crippen LogP contribution in [0.1, 0.15) is 11.1 Å². The van der Waals surface area contributed by atoms with Crippen molar-refractivity contribution in [3.8, 4) is 5.75 Å². The van der Waals surface area contributed by atoms with E-state index in [0.29, 0.717) is 22.6 Å². The molecule has 2 aliphatic rings. The number of aliphatic imine (C=N–C) groups is 1. The van der Waals surface area contributed by atoms with Gasteiger partial charge in [-0.3, -0.25) is 15.1 Å². The average Bonchev–Trinajstić information content (AvgIpc) is 3.24. The molecule has 0 aromatic heterocycles. The molecule has 0 unspecified atom stereocenters. The Morgan fingerprint density at radius 2 is 2.10 bits per heavy atom. The van der Waals surface area contributed by atoms with Crippen molar-refractivity contribution in [2.75, 3.05) is 6.79 Å². The lowest BCUT2D eigenvalue weighted by molar-refractivity contribution is -0.385. The van der Waals surface area contributed by atoms with Gasteiger partial charge in [0.05, 0.1) is 22.1 Å². The molecule has 2 N–H and O–H groups in total. The first-order valence-corrected chi connectivity index (χ1v) is 11.1. The first-order chi connectivity index (χ1) is 14.4. The highest BCUT2D eigenvalue weighted by Gasteiger charge is 2.21. The Bertz CT molecular complexity index is 1120. The van der Waals surface area contributed by atoms with E-state index in [0.717, 1.165) is 0 Å². The zero-order valence-corrected chi connectivity index (χ0v) is 17.0. The minimum Gasteiger partial charge on any atom is -0.466 e. The molecule has 4 rings (SSSR count). The Morgan fingerprint density at radius 1 is 1.30 bits per heavy atom. The molecule has 0 spiro atoms. The molecule has 30 heavy (non-hydrogen) atoms. The van der Waals surface area contributed by atoms with Crippen LogP contribution >= 0.6 is 11.8 Å². The molecule has 10 nitrogen and oxygen atoms in total. The van der Waals surface area contributed by atoms with Gasteiger partial charge in [0, 0.05) is 35.7 Å². The molecular weight excluding hydrogens is 432 g/mol. The highest BCUT2D eigenvalue weighted by Crippen LogP contribution is 2.32. The molecule has 0 aliphatic carbocycles. The fourth-order valence-corrected chi connectivity index (χ4v) is 4.90. The van der Waals surface area contributed by atoms with Gasteiger partial charge in [0.2, 0.25) is 10.0 Å². The lowest BCUT2D eigenvalue weighted by Crippen LogP contribution is -2.38. The molecule has 0 radical (unpaired) electrons. The second-order valence-electron chi connectivity index (χ2n) is 6.25. The number of non-ortho nitro benzene ring substituents is 1. The summed E-state index contributed by atoms with van der Waals surface area (Å²) in [5.74, 6) is 0.481. The number of hydrogen-bond acceptors (Lipinski definition) is 9. The third-order valence-electron chi connectivity index (χ3n) is 4.23. The van der Waals surface area contributed by atoms with E-state index in [1.165, 1.54) is 42.2 Å². The first-order valence-electron chi connectivity index (χ1n) is 8.67. The van der Waals surface area contributed by atoms with E-state index in [-0.39, 0.29) is 24.0 Å². The van der Waals surface area contributed by atoms with Crippen molar-refractivity contribution in [3.63, 3.8) is 0 Å². The van der Waals surface area contributed by atoms with Crippen molar-refractivity contribution < 1.29 is 22.8 Å². The third-order valence-corrected chi connectivity index (χ3v) is 6.63. The van der Waals surface area contributed by atoms with Gasteiger partial charge in [-0.1, -0.05) is 11.8 Å². The van der Waals surface area contributed by atoms with Gasteiger partial charge in [-0.2, -0.15) is 4.72 Å². The number of nitro benzene ring substituents is 1. The molecule has 0 saturated heterocycles. The predicted octanol–water partition coefficient (Wildman–Crippen LogP) is 2.58. The topological polar surface area (TPSA) is 132 Å². The Morgan fingerprint density at radius 3 is 2.80 bits per heavy atom. The second-order valence-corrected chi connectivity index (χ2v) is 8.98. The number of sulfonamides is 1. The van der Waals surface area contributed by atoms with E-state index in [1.54, 1.807) is 23.7 Å². The number of nitrogens with zero attached hydrogens (tertiary/aromatic N) is 2. The number of nitrogens with one attached hydrogen (secondary N) is 2. The Hall–Kier alpha value is -2.93. The average molecular weight is 448 g/mol. The summed E-state index contributed by atoms with van der Waals surface area (Å²) in [4.78, 5) is 15.1. The Balaban J connectivity index is 1.55. The largest absolute Gasteiger partial charge is 0.466 e. The Kier molecular flexibility index (Phi) is 5.72. The maximum absolute atomic E-state index is 12.4. The number of benzene rings is 2. The van der Waals surface area contributed by atoms with Gasteiger partial charge in [0.15, 0.2) is 6.79 Å². The van der Waals surface area contributed by atoms with Gasteiger partial charge in [-0.15, -0.1) is 0 Å². The second kappa shape index (κ2) is 8.44. The summed E-state index contributed by atoms with van der Waals surface area (Å²) in [6.07, 6.45) is 3.11. The molecule has 0 amide bonds. The van der Waals surface area contributed by atoms with Crippen molar-refractivity contribution >= 4 is 39.4 Å². The van der Waals surface area contributed by atoms with Crippen LogP contribution < -0.4 is 14.8 Å². The van der Waals surface area contributed by atoms with Gasteiger partial charge >= 0.3 is 0 Å². The van der Waals surface area contributed by atoms with Crippen LogP contribution in [0.3, 0.4) is 0 Å². The van der Waals surface area contributed by atoms with Crippen LogP contribution in [-0.4, -0.2) is 31.8 Å². The summed E-state index contributed by atoms with van der Waals surface area (Å²) in [5, 5.41) is 15.8. The van der Waals surface area contributed by atoms with Crippen molar-refractivity contribution in [2.45, 2.75) is 17.0 Å². The van der Waals surface area contributed by atoms with E-state index in [4.69, 9.17) is 9.47 Å². The molecule has 0 fully saturated rings. The van der Waals surface area contributed by atoms with Gasteiger partial charge < -0.3 is 14.8 Å². The maximum atomic E-state index is 12.4. The zero-order valence-electron chi connectivity index (χ0n) is 15.3. The third kappa shape index (κ3) is 4.46. The molecule has 156 valence electrons. The molecule has 2 aliphatic heterocycles. The fraction of sp³-hybridized carbons (Fsp3) is 0.167. The number of fused-ring (bicyclic) bond motifs is 1.